The van der Waals surface area contributed by atoms with E-state index in [0.717, 1.165) is 6.07 Å². The van der Waals surface area contributed by atoms with Gasteiger partial charge in [-0.2, -0.15) is 0 Å². The average molecular weight is 531 g/mol. The lowest BCUT2D eigenvalue weighted by Crippen LogP contribution is -2.51. The van der Waals surface area contributed by atoms with Gasteiger partial charge < -0.3 is 31.1 Å². The van der Waals surface area contributed by atoms with Gasteiger partial charge in [0, 0.05) is 29.7 Å². The van der Waals surface area contributed by atoms with E-state index in [1.807, 2.05) is 0 Å². The fourth-order valence-corrected chi connectivity index (χ4v) is 4.29. The van der Waals surface area contributed by atoms with Gasteiger partial charge in [0.2, 0.25) is 17.7 Å². The summed E-state index contributed by atoms with van der Waals surface area (Å²) in [4.78, 5) is 67.7. The predicted octanol–water partition coefficient (Wildman–Crippen LogP) is 0.644. The van der Waals surface area contributed by atoms with Crippen molar-refractivity contribution in [3.8, 4) is 5.75 Å². The van der Waals surface area contributed by atoms with Crippen molar-refractivity contribution in [2.24, 2.45) is 10.8 Å². The Labute approximate surface area is 217 Å². The van der Waals surface area contributed by atoms with Crippen molar-refractivity contribution in [1.82, 2.24) is 20.4 Å². The maximum Gasteiger partial charge on any atom is 0.411 e. The smallest absolute Gasteiger partial charge is 0.411 e. The maximum atomic E-state index is 13.2. The Morgan fingerprint density at radius 2 is 1.97 bits per heavy atom. The fourth-order valence-electron chi connectivity index (χ4n) is 4.29. The van der Waals surface area contributed by atoms with E-state index in [1.54, 1.807) is 20.8 Å². The number of ether oxygens (including phenoxy) is 1. The molecule has 0 unspecified atom stereocenters. The average Bonchev–Trinajstić information content (AvgIpc) is 3.37. The highest BCUT2D eigenvalue weighted by Crippen LogP contribution is 2.26. The highest BCUT2D eigenvalue weighted by molar-refractivity contribution is 5.98. The van der Waals surface area contributed by atoms with Crippen LogP contribution in [0.25, 0.3) is 10.4 Å². The van der Waals surface area contributed by atoms with Gasteiger partial charge in [0.1, 0.15) is 23.4 Å². The molecule has 2 aliphatic rings. The Morgan fingerprint density at radius 1 is 1.26 bits per heavy atom. The molecule has 204 valence electrons. The number of primary amides is 1. The van der Waals surface area contributed by atoms with Crippen molar-refractivity contribution in [3.63, 3.8) is 0 Å². The molecule has 1 aromatic carbocycles. The van der Waals surface area contributed by atoms with Gasteiger partial charge >= 0.3 is 6.09 Å². The first-order chi connectivity index (χ1) is 17.8. The summed E-state index contributed by atoms with van der Waals surface area (Å²) in [6.45, 7) is 4.92. The molecule has 2 fully saturated rings. The second-order valence-electron chi connectivity index (χ2n) is 10.0. The normalized spacial score (nSPS) is 21.0. The van der Waals surface area contributed by atoms with Gasteiger partial charge in [0.15, 0.2) is 0 Å². The number of carbonyl (C=O) groups is 5. The summed E-state index contributed by atoms with van der Waals surface area (Å²) in [7, 11) is 0. The number of nitrogens with two attached hydrogens (primary N) is 1. The van der Waals surface area contributed by atoms with Crippen LogP contribution in [0.4, 0.5) is 10.5 Å². The number of rotatable bonds is 7. The zero-order chi connectivity index (χ0) is 28.2. The van der Waals surface area contributed by atoms with Gasteiger partial charge in [-0.15, -0.1) is 0 Å². The van der Waals surface area contributed by atoms with Gasteiger partial charge in [-0.25, -0.2) is 4.79 Å². The summed E-state index contributed by atoms with van der Waals surface area (Å²) >= 11 is 0. The number of hydrogen-bond donors (Lipinski definition) is 4. The van der Waals surface area contributed by atoms with Crippen LogP contribution < -0.4 is 16.4 Å². The van der Waals surface area contributed by atoms with Crippen LogP contribution >= 0.6 is 0 Å². The maximum absolute atomic E-state index is 13.2. The lowest BCUT2D eigenvalue weighted by Gasteiger charge is -2.28. The van der Waals surface area contributed by atoms with Gasteiger partial charge in [-0.3, -0.25) is 24.1 Å². The van der Waals surface area contributed by atoms with E-state index in [4.69, 9.17) is 16.0 Å². The van der Waals surface area contributed by atoms with E-state index in [2.05, 4.69) is 20.7 Å². The predicted molar refractivity (Wildman–Crippen MR) is 132 cm³/mol. The molecule has 0 aliphatic carbocycles. The molecule has 2 aliphatic heterocycles. The van der Waals surface area contributed by atoms with Crippen molar-refractivity contribution in [2.45, 2.75) is 57.3 Å². The van der Waals surface area contributed by atoms with Crippen LogP contribution in [0.1, 0.15) is 44.0 Å². The van der Waals surface area contributed by atoms with E-state index in [1.165, 1.54) is 21.9 Å². The molecule has 15 nitrogen and oxygen atoms in total. The Morgan fingerprint density at radius 3 is 2.58 bits per heavy atom. The number of likely N-dealkylation sites (tertiary alicyclic amines) is 2. The molecule has 0 radical (unpaired) electrons. The second-order valence-corrected chi connectivity index (χ2v) is 10.0. The molecule has 3 atom stereocenters. The zero-order valence-corrected chi connectivity index (χ0v) is 21.2. The Balaban J connectivity index is 1.74. The number of nitrogens with one attached hydrogen (secondary N) is 2. The number of azide groups is 1. The first-order valence-corrected chi connectivity index (χ1v) is 11.8. The third-order valence-electron chi connectivity index (χ3n) is 5.91. The number of benzene rings is 1. The largest absolute Gasteiger partial charge is 0.507 e. The van der Waals surface area contributed by atoms with Crippen molar-refractivity contribution in [2.75, 3.05) is 19.6 Å². The molecule has 5 N–H and O–H groups in total. The van der Waals surface area contributed by atoms with Crippen LogP contribution in [-0.4, -0.2) is 88.0 Å². The molecule has 38 heavy (non-hydrogen) atoms. The fraction of sp³-hybridized carbons (Fsp3) is 0.522. The molecular weight excluding hydrogens is 500 g/mol. The molecule has 3 rings (SSSR count). The number of phenolic OH excluding ortho intramolecular Hbond substituents is 1. The van der Waals surface area contributed by atoms with Crippen LogP contribution in [0, 0.1) is 0 Å². The molecule has 2 saturated heterocycles. The minimum Gasteiger partial charge on any atom is -0.507 e. The molecule has 5 amide bonds. The highest BCUT2D eigenvalue weighted by atomic mass is 16.6. The van der Waals surface area contributed by atoms with E-state index in [9.17, 15) is 29.1 Å². The summed E-state index contributed by atoms with van der Waals surface area (Å²) in [5.41, 5.74) is 12.9. The monoisotopic (exact) mass is 530 g/mol. The number of hydrogen-bond acceptors (Lipinski definition) is 8. The third kappa shape index (κ3) is 6.82. The topological polar surface area (TPSA) is 220 Å². The SMILES string of the molecule is CC(C)(C)OC(=O)N1C[C@@H](NC(=O)c2ccc(N=[N+]=[N-])cc2O)C[C@H]1C(=O)N[C@@H]1CCN(CC(N)=O)C1=O. The second kappa shape index (κ2) is 11.3. The van der Waals surface area contributed by atoms with Crippen LogP contribution in [0.5, 0.6) is 5.75 Å². The lowest BCUT2D eigenvalue weighted by atomic mass is 10.1. The van der Waals surface area contributed by atoms with Crippen LogP contribution in [0.2, 0.25) is 0 Å². The standard InChI is InChI=1S/C23H30N8O7/c1-23(2,3)38-22(37)31-10-13(26-19(34)14-5-4-12(28-29-25)9-17(14)32)8-16(31)20(35)27-15-6-7-30(21(15)36)11-18(24)33/h4-5,9,13,15-16,32H,6-8,10-11H2,1-3H3,(H2,24,33)(H,26,34)(H,27,35)/t13-,15+,16-/m0/s1. The van der Waals surface area contributed by atoms with Crippen molar-refractivity contribution >= 4 is 35.4 Å². The number of carbonyl (C=O) groups excluding carboxylic acids is 5. The van der Waals surface area contributed by atoms with E-state index >= 15 is 0 Å². The van der Waals surface area contributed by atoms with Gasteiger partial charge in [0.25, 0.3) is 5.91 Å². The van der Waals surface area contributed by atoms with Crippen LogP contribution in [0.15, 0.2) is 23.3 Å². The minimum atomic E-state index is -1.06. The van der Waals surface area contributed by atoms with Crippen LogP contribution in [0.3, 0.4) is 0 Å². The molecule has 0 bridgehead atoms. The number of nitrogens with zero attached hydrogens (tertiary/aromatic N) is 5. The summed E-state index contributed by atoms with van der Waals surface area (Å²) in [5, 5.41) is 18.9. The summed E-state index contributed by atoms with van der Waals surface area (Å²) < 4.78 is 5.44. The Kier molecular flexibility index (Phi) is 8.31. The molecule has 0 aromatic heterocycles. The quantitative estimate of drug-likeness (QED) is 0.224. The first kappa shape index (κ1) is 28.1. The van der Waals surface area contributed by atoms with Gasteiger partial charge in [-0.1, -0.05) is 11.2 Å². The molecule has 0 spiro atoms. The number of aromatic hydroxyl groups is 1. The van der Waals surface area contributed by atoms with Crippen molar-refractivity contribution in [3.05, 3.63) is 34.2 Å². The molecule has 15 heteroatoms. The van der Waals surface area contributed by atoms with E-state index < -0.39 is 59.2 Å². The third-order valence-corrected chi connectivity index (χ3v) is 5.91. The number of phenols is 1. The molecule has 1 aromatic rings. The summed E-state index contributed by atoms with van der Waals surface area (Å²) in [5.74, 6) is -2.83. The van der Waals surface area contributed by atoms with E-state index in [-0.39, 0.29) is 43.7 Å². The summed E-state index contributed by atoms with van der Waals surface area (Å²) in [6, 6.07) is 1.13. The Bertz CT molecular complexity index is 1190. The molecule has 0 saturated carbocycles. The van der Waals surface area contributed by atoms with Crippen LogP contribution in [-0.2, 0) is 19.1 Å². The first-order valence-electron chi connectivity index (χ1n) is 11.8. The van der Waals surface area contributed by atoms with Crippen molar-refractivity contribution in [1.29, 1.82) is 0 Å². The lowest BCUT2D eigenvalue weighted by molar-refractivity contribution is -0.135. The van der Waals surface area contributed by atoms with Gasteiger partial charge in [0.05, 0.1) is 12.1 Å². The van der Waals surface area contributed by atoms with Gasteiger partial charge in [-0.05, 0) is 51.3 Å². The molecule has 2 heterocycles. The van der Waals surface area contributed by atoms with Crippen molar-refractivity contribution < 1.29 is 33.8 Å². The number of amides is 5. The van der Waals surface area contributed by atoms with E-state index in [0.29, 0.717) is 0 Å². The molecular formula is C23H30N8O7. The highest BCUT2D eigenvalue weighted by Gasteiger charge is 2.44. The summed E-state index contributed by atoms with van der Waals surface area (Å²) in [6.07, 6.45) is -0.494. The minimum absolute atomic E-state index is 0.0142. The zero-order valence-electron chi connectivity index (χ0n) is 21.2. The Hall–Kier alpha value is -4.52.